The third kappa shape index (κ3) is 4.38. The number of hydrogen-bond donors (Lipinski definition) is 2. The number of halogens is 2. The number of carbonyl (C=O) groups is 2. The van der Waals surface area contributed by atoms with Crippen molar-refractivity contribution >= 4 is 23.2 Å². The third-order valence-corrected chi connectivity index (χ3v) is 4.75. The summed E-state index contributed by atoms with van der Waals surface area (Å²) < 4.78 is 29.3. The van der Waals surface area contributed by atoms with Crippen LogP contribution in [0.15, 0.2) is 17.3 Å². The van der Waals surface area contributed by atoms with Crippen LogP contribution < -0.4 is 10.2 Å². The minimum Gasteiger partial charge on any atom is -0.390 e. The Morgan fingerprint density at radius 2 is 1.89 bits per heavy atom. The zero-order chi connectivity index (χ0) is 20.3. The lowest BCUT2D eigenvalue weighted by Gasteiger charge is -2.36. The Morgan fingerprint density at radius 1 is 1.25 bits per heavy atom. The van der Waals surface area contributed by atoms with E-state index < -0.39 is 24.1 Å². The first-order valence-electron chi connectivity index (χ1n) is 8.99. The van der Waals surface area contributed by atoms with Gasteiger partial charge in [0.2, 0.25) is 11.8 Å². The second-order valence-corrected chi connectivity index (χ2v) is 6.72. The largest absolute Gasteiger partial charge is 0.390 e. The first-order chi connectivity index (χ1) is 13.4. The van der Waals surface area contributed by atoms with Gasteiger partial charge in [-0.3, -0.25) is 9.59 Å². The lowest BCUT2D eigenvalue weighted by molar-refractivity contribution is -0.134. The number of benzene rings is 1. The molecule has 28 heavy (non-hydrogen) atoms. The van der Waals surface area contributed by atoms with Crippen molar-refractivity contribution in [3.8, 4) is 0 Å². The monoisotopic (exact) mass is 396 g/mol. The van der Waals surface area contributed by atoms with Crippen LogP contribution in [0.5, 0.6) is 0 Å². The Balaban J connectivity index is 1.67. The van der Waals surface area contributed by atoms with Crippen molar-refractivity contribution < 1.29 is 28.3 Å². The summed E-state index contributed by atoms with van der Waals surface area (Å²) in [5, 5.41) is 15.4. The molecule has 0 radical (unpaired) electrons. The standard InChI is InChI=1S/C18H22F2N4O4/c1-11(26)21-9-13-8-16(22-28-13)12-6-14(19)18(15(20)7-12)24-4-2-23(3-5-24)17(27)10-25/h6-7,13,25H,2-5,8-10H2,1H3,(H,21,26). The van der Waals surface area contributed by atoms with Crippen molar-refractivity contribution in [3.05, 3.63) is 29.3 Å². The van der Waals surface area contributed by atoms with Crippen molar-refractivity contribution in [3.63, 3.8) is 0 Å². The normalized spacial score (nSPS) is 19.3. The maximum absolute atomic E-state index is 14.7. The molecule has 0 bridgehead atoms. The van der Waals surface area contributed by atoms with Gasteiger partial charge in [0.25, 0.3) is 0 Å². The average Bonchev–Trinajstić information content (AvgIpc) is 3.15. The topological polar surface area (TPSA) is 94.5 Å². The van der Waals surface area contributed by atoms with E-state index in [0.29, 0.717) is 12.1 Å². The van der Waals surface area contributed by atoms with E-state index in [1.807, 2.05) is 0 Å². The van der Waals surface area contributed by atoms with Crippen LogP contribution in [0.4, 0.5) is 14.5 Å². The van der Waals surface area contributed by atoms with Gasteiger partial charge in [-0.2, -0.15) is 0 Å². The number of oxime groups is 1. The van der Waals surface area contributed by atoms with Gasteiger partial charge in [-0.05, 0) is 12.1 Å². The second-order valence-electron chi connectivity index (χ2n) is 6.72. The van der Waals surface area contributed by atoms with Gasteiger partial charge in [-0.25, -0.2) is 8.78 Å². The fourth-order valence-electron chi connectivity index (χ4n) is 3.28. The number of aliphatic hydroxyl groups excluding tert-OH is 1. The first-order valence-corrected chi connectivity index (χ1v) is 8.99. The van der Waals surface area contributed by atoms with Crippen LogP contribution in [-0.4, -0.2) is 73.0 Å². The molecular weight excluding hydrogens is 374 g/mol. The molecule has 0 saturated carbocycles. The maximum atomic E-state index is 14.7. The molecule has 1 unspecified atom stereocenters. The summed E-state index contributed by atoms with van der Waals surface area (Å²) in [6.45, 7) is 2.17. The highest BCUT2D eigenvalue weighted by molar-refractivity contribution is 6.01. The van der Waals surface area contributed by atoms with Crippen molar-refractivity contribution in [2.24, 2.45) is 5.16 Å². The molecule has 0 aliphatic carbocycles. The van der Waals surface area contributed by atoms with Crippen molar-refractivity contribution in [2.45, 2.75) is 19.4 Å². The lowest BCUT2D eigenvalue weighted by atomic mass is 10.0. The Kier molecular flexibility index (Phi) is 6.08. The van der Waals surface area contributed by atoms with E-state index in [4.69, 9.17) is 9.94 Å². The van der Waals surface area contributed by atoms with Crippen LogP contribution >= 0.6 is 0 Å². The summed E-state index contributed by atoms with van der Waals surface area (Å²) in [5.41, 5.74) is 0.561. The zero-order valence-electron chi connectivity index (χ0n) is 15.5. The molecule has 2 N–H and O–H groups in total. The van der Waals surface area contributed by atoms with Gasteiger partial charge in [0.15, 0.2) is 0 Å². The predicted octanol–water partition coefficient (Wildman–Crippen LogP) is 0.235. The number of piperazine rings is 1. The van der Waals surface area contributed by atoms with Crippen LogP contribution in [-0.2, 0) is 14.4 Å². The van der Waals surface area contributed by atoms with Gasteiger partial charge < -0.3 is 25.1 Å². The van der Waals surface area contributed by atoms with E-state index in [0.717, 1.165) is 0 Å². The molecule has 1 aromatic rings. The quantitative estimate of drug-likeness (QED) is 0.743. The van der Waals surface area contributed by atoms with Gasteiger partial charge in [0.05, 0.1) is 12.3 Å². The minimum atomic E-state index is -0.718. The SMILES string of the molecule is CC(=O)NCC1CC(c2cc(F)c(N3CCN(C(=O)CO)CC3)c(F)c2)=NO1. The number of anilines is 1. The molecule has 152 valence electrons. The number of hydrogen-bond acceptors (Lipinski definition) is 6. The molecule has 3 rings (SSSR count). The highest BCUT2D eigenvalue weighted by Gasteiger charge is 2.27. The number of rotatable bonds is 5. The van der Waals surface area contributed by atoms with Crippen molar-refractivity contribution in [2.75, 3.05) is 44.2 Å². The summed E-state index contributed by atoms with van der Waals surface area (Å²) in [7, 11) is 0. The fourth-order valence-corrected chi connectivity index (χ4v) is 3.28. The van der Waals surface area contributed by atoms with Crippen LogP contribution in [0.2, 0.25) is 0 Å². The van der Waals surface area contributed by atoms with E-state index in [1.165, 1.54) is 24.0 Å². The molecule has 0 aromatic heterocycles. The van der Waals surface area contributed by atoms with Crippen LogP contribution in [0.3, 0.4) is 0 Å². The lowest BCUT2D eigenvalue weighted by Crippen LogP contribution is -2.50. The molecular formula is C18H22F2N4O4. The van der Waals surface area contributed by atoms with Gasteiger partial charge >= 0.3 is 0 Å². The molecule has 1 aromatic carbocycles. The number of amides is 2. The predicted molar refractivity (Wildman–Crippen MR) is 96.9 cm³/mol. The molecule has 2 heterocycles. The maximum Gasteiger partial charge on any atom is 0.248 e. The van der Waals surface area contributed by atoms with Crippen LogP contribution in [0.1, 0.15) is 18.9 Å². The molecule has 0 spiro atoms. The molecule has 1 saturated heterocycles. The number of carbonyl (C=O) groups excluding carboxylic acids is 2. The summed E-state index contributed by atoms with van der Waals surface area (Å²) in [4.78, 5) is 30.7. The first kappa shape index (κ1) is 20.0. The molecule has 2 aliphatic rings. The van der Waals surface area contributed by atoms with E-state index in [-0.39, 0.29) is 56.0 Å². The zero-order valence-corrected chi connectivity index (χ0v) is 15.5. The van der Waals surface area contributed by atoms with E-state index in [1.54, 1.807) is 4.90 Å². The fraction of sp³-hybridized carbons (Fsp3) is 0.500. The summed E-state index contributed by atoms with van der Waals surface area (Å²) in [5.74, 6) is -2.03. The Hall–Kier alpha value is -2.75. The summed E-state index contributed by atoms with van der Waals surface area (Å²) in [6, 6.07) is 2.43. The van der Waals surface area contributed by atoms with E-state index >= 15 is 0 Å². The van der Waals surface area contributed by atoms with Crippen LogP contribution in [0.25, 0.3) is 0 Å². The minimum absolute atomic E-state index is 0.144. The van der Waals surface area contributed by atoms with Crippen molar-refractivity contribution in [1.82, 2.24) is 10.2 Å². The van der Waals surface area contributed by atoms with Crippen LogP contribution in [0, 0.1) is 11.6 Å². The molecule has 2 aliphatic heterocycles. The highest BCUT2D eigenvalue weighted by atomic mass is 19.1. The molecule has 2 amide bonds. The Labute approximate surface area is 160 Å². The van der Waals surface area contributed by atoms with Crippen molar-refractivity contribution in [1.29, 1.82) is 0 Å². The third-order valence-electron chi connectivity index (χ3n) is 4.75. The van der Waals surface area contributed by atoms with E-state index in [2.05, 4.69) is 10.5 Å². The molecule has 10 heteroatoms. The van der Waals surface area contributed by atoms with Gasteiger partial charge in [0, 0.05) is 45.1 Å². The number of nitrogens with one attached hydrogen (secondary N) is 1. The summed E-state index contributed by atoms with van der Waals surface area (Å²) in [6.07, 6.45) is -0.0395. The highest BCUT2D eigenvalue weighted by Crippen LogP contribution is 2.28. The summed E-state index contributed by atoms with van der Waals surface area (Å²) >= 11 is 0. The second kappa shape index (κ2) is 8.51. The molecule has 8 nitrogen and oxygen atoms in total. The Morgan fingerprint density at radius 3 is 2.46 bits per heavy atom. The van der Waals surface area contributed by atoms with E-state index in [9.17, 15) is 18.4 Å². The smallest absolute Gasteiger partial charge is 0.248 e. The molecule has 1 atom stereocenters. The molecule has 1 fully saturated rings. The number of nitrogens with zero attached hydrogens (tertiary/aromatic N) is 3. The van der Waals surface area contributed by atoms with Gasteiger partial charge in [-0.15, -0.1) is 0 Å². The average molecular weight is 396 g/mol. The number of aliphatic hydroxyl groups is 1. The van der Waals surface area contributed by atoms with Gasteiger partial charge in [0.1, 0.15) is 30.0 Å². The van der Waals surface area contributed by atoms with Gasteiger partial charge in [-0.1, -0.05) is 5.16 Å². The Bertz CT molecular complexity index is 771.